The summed E-state index contributed by atoms with van der Waals surface area (Å²) in [7, 11) is 0. The summed E-state index contributed by atoms with van der Waals surface area (Å²) in [5.74, 6) is 0. The Morgan fingerprint density at radius 2 is 1.85 bits per heavy atom. The topological polar surface area (TPSA) is 93.7 Å². The van der Waals surface area contributed by atoms with Gasteiger partial charge in [0, 0.05) is 50.2 Å². The largest absolute Gasteiger partial charge is 0.670 e. The second kappa shape index (κ2) is 5.96. The van der Waals surface area contributed by atoms with Crippen LogP contribution in [0.4, 0.5) is 0 Å². The van der Waals surface area contributed by atoms with E-state index in [1.54, 1.807) is 6.92 Å². The van der Waals surface area contributed by atoms with Crippen LogP contribution in [0.3, 0.4) is 0 Å². The third-order valence-corrected chi connectivity index (χ3v) is 2.17. The fraction of sp³-hybridized carbons (Fsp3) is 1.00. The van der Waals surface area contributed by atoms with E-state index in [0.717, 1.165) is 0 Å². The van der Waals surface area contributed by atoms with Crippen molar-refractivity contribution in [3.8, 4) is 0 Å². The van der Waals surface area contributed by atoms with E-state index in [9.17, 15) is 10.2 Å². The molecule has 0 saturated carbocycles. The maximum Gasteiger partial charge on any atom is 0.109 e. The number of nitrogens with one attached hydrogen (secondary N) is 1. The van der Waals surface area contributed by atoms with E-state index < -0.39 is 30.5 Å². The normalized spacial score (nSPS) is 45.5. The van der Waals surface area contributed by atoms with E-state index in [1.165, 1.54) is 0 Å². The van der Waals surface area contributed by atoms with E-state index >= 15 is 0 Å². The molecule has 1 saturated heterocycles. The molecule has 13 heavy (non-hydrogen) atoms. The van der Waals surface area contributed by atoms with Gasteiger partial charge in [0.15, 0.2) is 0 Å². The van der Waals surface area contributed by atoms with E-state index in [0.29, 0.717) is 0 Å². The third-order valence-electron chi connectivity index (χ3n) is 2.17. The third kappa shape index (κ3) is 3.10. The van der Waals surface area contributed by atoms with Crippen molar-refractivity contribution in [3.63, 3.8) is 0 Å². The summed E-state index contributed by atoms with van der Waals surface area (Å²) in [6.45, 7) is 1.30. The zero-order valence-electron chi connectivity index (χ0n) is 7.42. The average molecular weight is 403 g/mol. The standard InChI is InChI=1S/C7H14NO4.Ac/c1-3-5(8)7(11)6(10)4(2-9)12-3;/h3-11H,2H2,1H3;/q-1;/t3-,4+,5?,6?,7?;/m0./s1. The first-order valence-electron chi connectivity index (χ1n) is 3.91. The Hall–Kier alpha value is 1.24. The summed E-state index contributed by atoms with van der Waals surface area (Å²) in [5.41, 5.74) is 7.36. The Morgan fingerprint density at radius 1 is 1.31 bits per heavy atom. The summed E-state index contributed by atoms with van der Waals surface area (Å²) in [5, 5.41) is 27.3. The van der Waals surface area contributed by atoms with Gasteiger partial charge in [-0.2, -0.15) is 0 Å². The molecule has 1 radical (unpaired) electrons. The van der Waals surface area contributed by atoms with Gasteiger partial charge in [-0.25, -0.2) is 0 Å². The van der Waals surface area contributed by atoms with E-state index in [1.807, 2.05) is 0 Å². The fourth-order valence-electron chi connectivity index (χ4n) is 1.30. The van der Waals surface area contributed by atoms with Crippen LogP contribution < -0.4 is 0 Å². The summed E-state index contributed by atoms with van der Waals surface area (Å²) in [4.78, 5) is 0. The monoisotopic (exact) mass is 403 g/mol. The van der Waals surface area contributed by atoms with Gasteiger partial charge >= 0.3 is 0 Å². The first-order valence-corrected chi connectivity index (χ1v) is 3.91. The molecule has 1 fully saturated rings. The van der Waals surface area contributed by atoms with Crippen LogP contribution >= 0.6 is 0 Å². The molecule has 0 bridgehead atoms. The van der Waals surface area contributed by atoms with Crippen LogP contribution in [0.5, 0.6) is 0 Å². The zero-order valence-corrected chi connectivity index (χ0v) is 12.2. The number of aliphatic hydroxyl groups is 3. The zero-order chi connectivity index (χ0) is 9.30. The van der Waals surface area contributed by atoms with Crippen LogP contribution in [0.2, 0.25) is 0 Å². The van der Waals surface area contributed by atoms with Gasteiger partial charge in [-0.3, -0.25) is 0 Å². The molecule has 0 spiro atoms. The minimum atomic E-state index is -1.16. The molecule has 0 aromatic carbocycles. The molecule has 5 nitrogen and oxygen atoms in total. The van der Waals surface area contributed by atoms with Gasteiger partial charge in [0.2, 0.25) is 0 Å². The maximum absolute atomic E-state index is 9.29. The first-order chi connectivity index (χ1) is 5.57. The molecule has 1 rings (SSSR count). The summed E-state index contributed by atoms with van der Waals surface area (Å²) in [6.07, 6.45) is -3.52. The number of ether oxygens (including phenoxy) is 1. The Morgan fingerprint density at radius 3 is 2.31 bits per heavy atom. The van der Waals surface area contributed by atoms with Crippen molar-refractivity contribution in [2.24, 2.45) is 0 Å². The van der Waals surface area contributed by atoms with E-state index in [-0.39, 0.29) is 50.7 Å². The minimum absolute atomic E-state index is 0. The van der Waals surface area contributed by atoms with Crippen molar-refractivity contribution in [2.45, 2.75) is 37.4 Å². The van der Waals surface area contributed by atoms with E-state index in [2.05, 4.69) is 0 Å². The summed E-state index contributed by atoms with van der Waals surface area (Å²) < 4.78 is 5.08. The van der Waals surface area contributed by atoms with Crippen molar-refractivity contribution in [1.29, 1.82) is 0 Å². The molecule has 0 aromatic heterocycles. The molecule has 0 amide bonds. The SMILES string of the molecule is C[C@@H]1O[C@H](CO)C(O)C(O)C1[NH-].[Ac]. The average Bonchev–Trinajstić information content (AvgIpc) is 2.08. The van der Waals surface area contributed by atoms with Crippen LogP contribution in [0.15, 0.2) is 0 Å². The van der Waals surface area contributed by atoms with Crippen molar-refractivity contribution in [3.05, 3.63) is 5.73 Å². The number of hydrogen-bond acceptors (Lipinski definition) is 4. The number of rotatable bonds is 1. The van der Waals surface area contributed by atoms with Gasteiger partial charge in [0.05, 0.1) is 12.7 Å². The van der Waals surface area contributed by atoms with Crippen molar-refractivity contribution in [1.82, 2.24) is 0 Å². The van der Waals surface area contributed by atoms with E-state index in [4.69, 9.17) is 15.6 Å². The molecule has 4 N–H and O–H groups in total. The maximum atomic E-state index is 9.29. The van der Waals surface area contributed by atoms with Gasteiger partial charge < -0.3 is 25.8 Å². The molecule has 75 valence electrons. The van der Waals surface area contributed by atoms with Gasteiger partial charge in [-0.15, -0.1) is 0 Å². The van der Waals surface area contributed by atoms with Gasteiger partial charge in [-0.05, 0) is 6.92 Å². The molecule has 5 atom stereocenters. The molecular weight excluding hydrogens is 389 g/mol. The molecule has 0 aromatic rings. The van der Waals surface area contributed by atoms with Crippen molar-refractivity contribution in [2.75, 3.05) is 6.61 Å². The summed E-state index contributed by atoms with van der Waals surface area (Å²) in [6, 6.07) is -0.845. The Kier molecular flexibility index (Phi) is 6.53. The Balaban J connectivity index is 0.00000144. The first kappa shape index (κ1) is 14.2. The van der Waals surface area contributed by atoms with Gasteiger partial charge in [0.25, 0.3) is 0 Å². The second-order valence-corrected chi connectivity index (χ2v) is 3.07. The van der Waals surface area contributed by atoms with Crippen LogP contribution in [-0.4, -0.2) is 52.4 Å². The molecule has 0 aliphatic carbocycles. The van der Waals surface area contributed by atoms with Gasteiger partial charge in [0.1, 0.15) is 12.2 Å². The van der Waals surface area contributed by atoms with Crippen molar-refractivity contribution < 1.29 is 64.1 Å². The van der Waals surface area contributed by atoms with Crippen LogP contribution in [0, 0.1) is 44.1 Å². The smallest absolute Gasteiger partial charge is 0.109 e. The number of hydrogen-bond donors (Lipinski definition) is 3. The summed E-state index contributed by atoms with van der Waals surface area (Å²) >= 11 is 0. The quantitative estimate of drug-likeness (QED) is 0.519. The minimum Gasteiger partial charge on any atom is -0.670 e. The molecule has 1 aliphatic heterocycles. The molecular formula is C7H14AcNO4-. The molecule has 6 heteroatoms. The molecule has 1 heterocycles. The van der Waals surface area contributed by atoms with Crippen LogP contribution in [0.25, 0.3) is 5.73 Å². The predicted octanol–water partition coefficient (Wildman–Crippen LogP) is -1.09. The van der Waals surface area contributed by atoms with Crippen LogP contribution in [0.1, 0.15) is 6.92 Å². The molecule has 1 aliphatic rings. The van der Waals surface area contributed by atoms with Crippen molar-refractivity contribution >= 4 is 0 Å². The number of aliphatic hydroxyl groups excluding tert-OH is 3. The fourth-order valence-corrected chi connectivity index (χ4v) is 1.30. The van der Waals surface area contributed by atoms with Crippen LogP contribution in [-0.2, 0) is 4.74 Å². The molecule has 3 unspecified atom stereocenters. The second-order valence-electron chi connectivity index (χ2n) is 3.07. The Labute approximate surface area is 113 Å². The Bertz CT molecular complexity index is 155. The van der Waals surface area contributed by atoms with Gasteiger partial charge in [-0.1, -0.05) is 6.04 Å². The predicted molar refractivity (Wildman–Crippen MR) is 41.5 cm³/mol.